The first-order chi connectivity index (χ1) is 14.1. The van der Waals surface area contributed by atoms with Crippen LogP contribution in [0, 0.1) is 0 Å². The van der Waals surface area contributed by atoms with Gasteiger partial charge in [0.2, 0.25) is 0 Å². The molecule has 0 aliphatic rings. The number of carbonyl (C=O) groups is 1. The van der Waals surface area contributed by atoms with Crippen LogP contribution in [0.3, 0.4) is 0 Å². The quantitative estimate of drug-likeness (QED) is 0.529. The Morgan fingerprint density at radius 2 is 1.59 bits per heavy atom. The number of rotatable bonds is 5. The maximum Gasteiger partial charge on any atom is 0.274 e. The summed E-state index contributed by atoms with van der Waals surface area (Å²) >= 11 is 0. The number of benzene rings is 2. The van der Waals surface area contributed by atoms with E-state index in [0.29, 0.717) is 12.2 Å². The molecule has 0 saturated carbocycles. The minimum absolute atomic E-state index is 0.200. The Kier molecular flexibility index (Phi) is 5.03. The third-order valence-electron chi connectivity index (χ3n) is 4.44. The van der Waals surface area contributed by atoms with Crippen molar-refractivity contribution < 1.29 is 4.79 Å². The summed E-state index contributed by atoms with van der Waals surface area (Å²) in [7, 11) is 1.70. The standard InChI is InChI=1S/C22H19N5O2/c1-25(15-17-14-23-26(16-17)18-8-4-2-5-9-18)22(29)20-12-13-21(28)27(24-20)19-10-6-3-7-11-19/h2-14,16H,15H2,1H3. The molecule has 7 heteroatoms. The molecule has 2 heterocycles. The molecule has 0 saturated heterocycles. The lowest BCUT2D eigenvalue weighted by Crippen LogP contribution is -2.30. The van der Waals surface area contributed by atoms with Crippen molar-refractivity contribution in [1.29, 1.82) is 0 Å². The van der Waals surface area contributed by atoms with E-state index in [-0.39, 0.29) is 17.2 Å². The van der Waals surface area contributed by atoms with Crippen LogP contribution in [0.15, 0.2) is 90.0 Å². The summed E-state index contributed by atoms with van der Waals surface area (Å²) in [5.41, 5.74) is 2.36. The van der Waals surface area contributed by atoms with Crippen LogP contribution in [0.1, 0.15) is 16.1 Å². The van der Waals surface area contributed by atoms with Crippen LogP contribution in [0.5, 0.6) is 0 Å². The second-order valence-corrected chi connectivity index (χ2v) is 6.59. The molecular formula is C22H19N5O2. The van der Waals surface area contributed by atoms with Gasteiger partial charge in [-0.2, -0.15) is 14.9 Å². The number of hydrogen-bond donors (Lipinski definition) is 0. The van der Waals surface area contributed by atoms with Crippen LogP contribution in [0.2, 0.25) is 0 Å². The van der Waals surface area contributed by atoms with Crippen molar-refractivity contribution >= 4 is 5.91 Å². The molecule has 144 valence electrons. The van der Waals surface area contributed by atoms with Gasteiger partial charge >= 0.3 is 0 Å². The highest BCUT2D eigenvalue weighted by molar-refractivity contribution is 5.91. The van der Waals surface area contributed by atoms with Crippen molar-refractivity contribution in [2.24, 2.45) is 0 Å². The SMILES string of the molecule is CN(Cc1cnn(-c2ccccc2)c1)C(=O)c1ccc(=O)n(-c2ccccc2)n1. The molecule has 0 unspecified atom stereocenters. The van der Waals surface area contributed by atoms with Crippen LogP contribution in [0.4, 0.5) is 0 Å². The maximum atomic E-state index is 12.8. The molecule has 1 amide bonds. The van der Waals surface area contributed by atoms with Gasteiger partial charge in [0.25, 0.3) is 11.5 Å². The highest BCUT2D eigenvalue weighted by Crippen LogP contribution is 2.11. The van der Waals surface area contributed by atoms with Crippen molar-refractivity contribution in [3.8, 4) is 11.4 Å². The van der Waals surface area contributed by atoms with Crippen molar-refractivity contribution in [3.05, 3.63) is 107 Å². The second-order valence-electron chi connectivity index (χ2n) is 6.59. The van der Waals surface area contributed by atoms with Gasteiger partial charge in [-0.1, -0.05) is 36.4 Å². The van der Waals surface area contributed by atoms with Crippen molar-refractivity contribution in [1.82, 2.24) is 24.5 Å². The molecule has 4 aromatic rings. The van der Waals surface area contributed by atoms with E-state index in [0.717, 1.165) is 11.3 Å². The van der Waals surface area contributed by atoms with Crippen LogP contribution in [-0.2, 0) is 6.54 Å². The van der Waals surface area contributed by atoms with Crippen molar-refractivity contribution in [2.75, 3.05) is 7.05 Å². The van der Waals surface area contributed by atoms with Crippen molar-refractivity contribution in [2.45, 2.75) is 6.54 Å². The summed E-state index contributed by atoms with van der Waals surface area (Å²) in [6, 6.07) is 21.6. The van der Waals surface area contributed by atoms with Gasteiger partial charge in [-0.25, -0.2) is 4.68 Å². The third kappa shape index (κ3) is 3.98. The normalized spacial score (nSPS) is 10.7. The molecule has 0 aliphatic carbocycles. The monoisotopic (exact) mass is 385 g/mol. The van der Waals surface area contributed by atoms with Gasteiger partial charge < -0.3 is 4.90 Å². The van der Waals surface area contributed by atoms with E-state index in [1.54, 1.807) is 35.0 Å². The fourth-order valence-electron chi connectivity index (χ4n) is 2.98. The number of amides is 1. The third-order valence-corrected chi connectivity index (χ3v) is 4.44. The minimum atomic E-state index is -0.292. The minimum Gasteiger partial charge on any atom is -0.336 e. The Morgan fingerprint density at radius 1 is 0.931 bits per heavy atom. The van der Waals surface area contributed by atoms with Crippen LogP contribution in [0.25, 0.3) is 11.4 Å². The van der Waals surface area contributed by atoms with Gasteiger partial charge in [0.1, 0.15) is 5.69 Å². The number of para-hydroxylation sites is 2. The Labute approximate surface area is 167 Å². The molecule has 4 rings (SSSR count). The Hall–Kier alpha value is -4.00. The van der Waals surface area contributed by atoms with E-state index in [2.05, 4.69) is 10.2 Å². The topological polar surface area (TPSA) is 73.0 Å². The molecule has 2 aromatic carbocycles. The lowest BCUT2D eigenvalue weighted by molar-refractivity contribution is 0.0777. The maximum absolute atomic E-state index is 12.8. The molecule has 0 spiro atoms. The molecule has 0 aliphatic heterocycles. The molecule has 0 bridgehead atoms. The fourth-order valence-corrected chi connectivity index (χ4v) is 2.98. The van der Waals surface area contributed by atoms with E-state index in [1.165, 1.54) is 16.8 Å². The van der Waals surface area contributed by atoms with Gasteiger partial charge in [-0.15, -0.1) is 0 Å². The molecule has 7 nitrogen and oxygen atoms in total. The summed E-state index contributed by atoms with van der Waals surface area (Å²) in [5.74, 6) is -0.276. The largest absolute Gasteiger partial charge is 0.336 e. The summed E-state index contributed by atoms with van der Waals surface area (Å²) in [5, 5.41) is 8.60. The van der Waals surface area contributed by atoms with E-state index in [4.69, 9.17) is 0 Å². The molecular weight excluding hydrogens is 366 g/mol. The lowest BCUT2D eigenvalue weighted by Gasteiger charge is -2.16. The fraction of sp³-hybridized carbons (Fsp3) is 0.0909. The molecule has 0 atom stereocenters. The number of carbonyl (C=O) groups excluding carboxylic acids is 1. The zero-order valence-electron chi connectivity index (χ0n) is 15.8. The van der Waals surface area contributed by atoms with Gasteiger partial charge in [-0.05, 0) is 30.3 Å². The highest BCUT2D eigenvalue weighted by Gasteiger charge is 2.16. The smallest absolute Gasteiger partial charge is 0.274 e. The zero-order chi connectivity index (χ0) is 20.2. The van der Waals surface area contributed by atoms with Gasteiger partial charge in [0.05, 0.1) is 17.6 Å². The number of aromatic nitrogens is 4. The van der Waals surface area contributed by atoms with Crippen LogP contribution < -0.4 is 5.56 Å². The van der Waals surface area contributed by atoms with E-state index in [9.17, 15) is 9.59 Å². The summed E-state index contributed by atoms with van der Waals surface area (Å²) < 4.78 is 3.00. The first-order valence-corrected chi connectivity index (χ1v) is 9.12. The van der Waals surface area contributed by atoms with E-state index in [1.807, 2.05) is 54.7 Å². The first-order valence-electron chi connectivity index (χ1n) is 9.12. The van der Waals surface area contributed by atoms with Gasteiger partial charge in [0.15, 0.2) is 0 Å². The summed E-state index contributed by atoms with van der Waals surface area (Å²) in [6.07, 6.45) is 3.62. The first kappa shape index (κ1) is 18.4. The molecule has 0 N–H and O–H groups in total. The van der Waals surface area contributed by atoms with E-state index >= 15 is 0 Å². The van der Waals surface area contributed by atoms with Gasteiger partial charge in [0, 0.05) is 31.4 Å². The lowest BCUT2D eigenvalue weighted by atomic mass is 10.3. The summed E-state index contributed by atoms with van der Waals surface area (Å²) in [6.45, 7) is 0.373. The average molecular weight is 385 g/mol. The number of hydrogen-bond acceptors (Lipinski definition) is 4. The predicted octanol–water partition coefficient (Wildman–Crippen LogP) is 2.69. The highest BCUT2D eigenvalue weighted by atomic mass is 16.2. The molecule has 29 heavy (non-hydrogen) atoms. The van der Waals surface area contributed by atoms with E-state index < -0.39 is 0 Å². The second kappa shape index (κ2) is 7.93. The van der Waals surface area contributed by atoms with Gasteiger partial charge in [-0.3, -0.25) is 9.59 Å². The Morgan fingerprint density at radius 3 is 2.28 bits per heavy atom. The zero-order valence-corrected chi connectivity index (χ0v) is 15.8. The molecule has 2 aromatic heterocycles. The molecule has 0 radical (unpaired) electrons. The van der Waals surface area contributed by atoms with Crippen molar-refractivity contribution in [3.63, 3.8) is 0 Å². The van der Waals surface area contributed by atoms with Crippen LogP contribution >= 0.6 is 0 Å². The predicted molar refractivity (Wildman–Crippen MR) is 109 cm³/mol. The Bertz CT molecular complexity index is 1180. The summed E-state index contributed by atoms with van der Waals surface area (Å²) in [4.78, 5) is 26.5. The number of nitrogens with zero attached hydrogens (tertiary/aromatic N) is 5. The molecule has 0 fully saturated rings. The van der Waals surface area contributed by atoms with Crippen LogP contribution in [-0.4, -0.2) is 37.4 Å². The average Bonchev–Trinajstić information content (AvgIpc) is 3.23. The Balaban J connectivity index is 1.53.